The Balaban J connectivity index is 1.83. The van der Waals surface area contributed by atoms with Crippen LogP contribution in [0.2, 0.25) is 0 Å². The Bertz CT molecular complexity index is 635. The van der Waals surface area contributed by atoms with Gasteiger partial charge in [0.15, 0.2) is 0 Å². The number of nitrogens with one attached hydrogen (secondary N) is 1. The van der Waals surface area contributed by atoms with E-state index in [1.54, 1.807) is 0 Å². The molecule has 0 aliphatic heterocycles. The van der Waals surface area contributed by atoms with E-state index in [0.717, 1.165) is 6.42 Å². The molecule has 3 rings (SSSR count). The fourth-order valence-electron chi connectivity index (χ4n) is 3.05. The molecule has 2 aromatic carbocycles. The molecule has 1 aliphatic carbocycles. The lowest BCUT2D eigenvalue weighted by Crippen LogP contribution is -2.37. The van der Waals surface area contributed by atoms with Crippen molar-refractivity contribution in [1.82, 2.24) is 5.32 Å². The number of rotatable bonds is 5. The van der Waals surface area contributed by atoms with Gasteiger partial charge in [0.2, 0.25) is 0 Å². The second-order valence-electron chi connectivity index (χ2n) is 5.70. The summed E-state index contributed by atoms with van der Waals surface area (Å²) >= 11 is 0. The third kappa shape index (κ3) is 2.72. The van der Waals surface area contributed by atoms with Crippen molar-refractivity contribution in [3.8, 4) is 11.1 Å². The predicted octanol–water partition coefficient (Wildman–Crippen LogP) is 2.26. The number of aliphatic hydroxyl groups is 2. The summed E-state index contributed by atoms with van der Waals surface area (Å²) in [5.74, 6) is 0. The maximum atomic E-state index is 9.17. The maximum Gasteiger partial charge on any atom is 0.0607 e. The van der Waals surface area contributed by atoms with E-state index in [0.29, 0.717) is 0 Å². The molecular formula is C18H21NO2. The van der Waals surface area contributed by atoms with E-state index in [2.05, 4.69) is 54.7 Å². The smallest absolute Gasteiger partial charge is 0.0607 e. The fourth-order valence-corrected chi connectivity index (χ4v) is 3.05. The summed E-state index contributed by atoms with van der Waals surface area (Å²) in [6.45, 7) is 1.94. The number of fused-ring (bicyclic) bond motifs is 3. The van der Waals surface area contributed by atoms with Crippen molar-refractivity contribution in [2.24, 2.45) is 0 Å². The Kier molecular flexibility index (Phi) is 4.06. The number of hydrogen-bond acceptors (Lipinski definition) is 3. The molecule has 0 spiro atoms. The zero-order valence-corrected chi connectivity index (χ0v) is 12.2. The molecular weight excluding hydrogens is 262 g/mol. The summed E-state index contributed by atoms with van der Waals surface area (Å²) in [4.78, 5) is 0. The van der Waals surface area contributed by atoms with Crippen LogP contribution in [0, 0.1) is 0 Å². The van der Waals surface area contributed by atoms with Crippen LogP contribution in [0.25, 0.3) is 11.1 Å². The van der Waals surface area contributed by atoms with Gasteiger partial charge in [0.1, 0.15) is 0 Å². The van der Waals surface area contributed by atoms with Gasteiger partial charge in [-0.15, -0.1) is 0 Å². The Hall–Kier alpha value is -1.68. The van der Waals surface area contributed by atoms with Gasteiger partial charge >= 0.3 is 0 Å². The molecule has 1 aliphatic rings. The molecule has 3 nitrogen and oxygen atoms in total. The van der Waals surface area contributed by atoms with Crippen LogP contribution < -0.4 is 5.32 Å². The van der Waals surface area contributed by atoms with Crippen LogP contribution in [0.4, 0.5) is 0 Å². The first kappa shape index (κ1) is 14.3. The van der Waals surface area contributed by atoms with Crippen LogP contribution in [-0.2, 0) is 6.42 Å². The third-order valence-corrected chi connectivity index (χ3v) is 4.24. The normalized spacial score (nSPS) is 14.1. The van der Waals surface area contributed by atoms with E-state index in [-0.39, 0.29) is 25.3 Å². The lowest BCUT2D eigenvalue weighted by Gasteiger charge is -2.21. The van der Waals surface area contributed by atoms with Crippen molar-refractivity contribution >= 4 is 0 Å². The molecule has 1 unspecified atom stereocenters. The van der Waals surface area contributed by atoms with Gasteiger partial charge in [-0.3, -0.25) is 0 Å². The van der Waals surface area contributed by atoms with Crippen molar-refractivity contribution in [3.63, 3.8) is 0 Å². The summed E-state index contributed by atoms with van der Waals surface area (Å²) in [6, 6.07) is 14.9. The van der Waals surface area contributed by atoms with Crippen LogP contribution in [0.1, 0.15) is 29.7 Å². The number of benzene rings is 2. The van der Waals surface area contributed by atoms with E-state index in [4.69, 9.17) is 0 Å². The molecule has 0 bridgehead atoms. The summed E-state index contributed by atoms with van der Waals surface area (Å²) in [5.41, 5.74) is 6.58. The minimum absolute atomic E-state index is 0.0583. The van der Waals surface area contributed by atoms with E-state index in [9.17, 15) is 10.2 Å². The summed E-state index contributed by atoms with van der Waals surface area (Å²) in [7, 11) is 0. The highest BCUT2D eigenvalue weighted by atomic mass is 16.3. The van der Waals surface area contributed by atoms with E-state index in [1.165, 1.54) is 27.8 Å². The van der Waals surface area contributed by atoms with Crippen molar-refractivity contribution < 1.29 is 10.2 Å². The van der Waals surface area contributed by atoms with Gasteiger partial charge in [-0.05, 0) is 41.2 Å². The minimum atomic E-state index is -0.273. The quantitative estimate of drug-likeness (QED) is 0.673. The molecule has 0 amide bonds. The molecule has 0 aromatic heterocycles. The molecule has 0 fully saturated rings. The van der Waals surface area contributed by atoms with E-state index >= 15 is 0 Å². The van der Waals surface area contributed by atoms with Gasteiger partial charge in [0.05, 0.1) is 19.3 Å². The van der Waals surface area contributed by atoms with Crippen LogP contribution in [0.15, 0.2) is 42.5 Å². The molecule has 3 N–H and O–H groups in total. The maximum absolute atomic E-state index is 9.17. The lowest BCUT2D eigenvalue weighted by molar-refractivity contribution is 0.163. The lowest BCUT2D eigenvalue weighted by atomic mass is 10.00. The third-order valence-electron chi connectivity index (χ3n) is 4.24. The molecule has 0 radical (unpaired) electrons. The van der Waals surface area contributed by atoms with Crippen molar-refractivity contribution in [3.05, 3.63) is 59.2 Å². The molecule has 3 heteroatoms. The van der Waals surface area contributed by atoms with E-state index < -0.39 is 0 Å². The highest BCUT2D eigenvalue weighted by molar-refractivity contribution is 5.76. The van der Waals surface area contributed by atoms with Crippen LogP contribution in [0.5, 0.6) is 0 Å². The van der Waals surface area contributed by atoms with Gasteiger partial charge in [-0.2, -0.15) is 0 Å². The van der Waals surface area contributed by atoms with Gasteiger partial charge in [0.25, 0.3) is 0 Å². The zero-order chi connectivity index (χ0) is 14.8. The van der Waals surface area contributed by atoms with Gasteiger partial charge < -0.3 is 15.5 Å². The summed E-state index contributed by atoms with van der Waals surface area (Å²) < 4.78 is 0. The Labute approximate surface area is 125 Å². The summed E-state index contributed by atoms with van der Waals surface area (Å²) in [5, 5.41) is 21.6. The topological polar surface area (TPSA) is 52.5 Å². The van der Waals surface area contributed by atoms with Crippen LogP contribution in [-0.4, -0.2) is 29.5 Å². The fraction of sp³-hybridized carbons (Fsp3) is 0.333. The Morgan fingerprint density at radius 3 is 2.48 bits per heavy atom. The first-order valence-electron chi connectivity index (χ1n) is 7.41. The van der Waals surface area contributed by atoms with Crippen molar-refractivity contribution in [2.75, 3.05) is 13.2 Å². The average Bonchev–Trinajstić information content (AvgIpc) is 2.89. The minimum Gasteiger partial charge on any atom is -0.395 e. The first-order valence-corrected chi connectivity index (χ1v) is 7.41. The largest absolute Gasteiger partial charge is 0.395 e. The van der Waals surface area contributed by atoms with Gasteiger partial charge in [-0.1, -0.05) is 42.5 Å². The number of hydrogen-bond donors (Lipinski definition) is 3. The molecule has 21 heavy (non-hydrogen) atoms. The highest BCUT2D eigenvalue weighted by Crippen LogP contribution is 2.37. The second kappa shape index (κ2) is 5.98. The van der Waals surface area contributed by atoms with Crippen LogP contribution in [0.3, 0.4) is 0 Å². The average molecular weight is 283 g/mol. The SMILES string of the molecule is CC(NC(CO)CO)c1ccc2c(c1)Cc1ccccc1-2. The van der Waals surface area contributed by atoms with Crippen molar-refractivity contribution in [2.45, 2.75) is 25.4 Å². The highest BCUT2D eigenvalue weighted by Gasteiger charge is 2.19. The predicted molar refractivity (Wildman–Crippen MR) is 84.2 cm³/mol. The van der Waals surface area contributed by atoms with E-state index in [1.807, 2.05) is 0 Å². The van der Waals surface area contributed by atoms with Crippen molar-refractivity contribution in [1.29, 1.82) is 0 Å². The number of aliphatic hydroxyl groups excluding tert-OH is 2. The zero-order valence-electron chi connectivity index (χ0n) is 12.2. The molecule has 0 saturated heterocycles. The van der Waals surface area contributed by atoms with Gasteiger partial charge in [-0.25, -0.2) is 0 Å². The van der Waals surface area contributed by atoms with Crippen LogP contribution >= 0.6 is 0 Å². The molecule has 1 atom stereocenters. The molecule has 2 aromatic rings. The second-order valence-corrected chi connectivity index (χ2v) is 5.70. The monoisotopic (exact) mass is 283 g/mol. The Morgan fingerprint density at radius 2 is 1.71 bits per heavy atom. The molecule has 0 saturated carbocycles. The Morgan fingerprint density at radius 1 is 1.00 bits per heavy atom. The first-order chi connectivity index (χ1) is 10.2. The molecule has 0 heterocycles. The standard InChI is InChI=1S/C18H21NO2/c1-12(19-16(10-20)11-21)13-6-7-18-15(8-13)9-14-4-2-3-5-17(14)18/h2-8,12,16,19-21H,9-11H2,1H3. The van der Waals surface area contributed by atoms with Gasteiger partial charge in [0, 0.05) is 6.04 Å². The summed E-state index contributed by atoms with van der Waals surface area (Å²) in [6.07, 6.45) is 0.982. The molecule has 110 valence electrons.